The summed E-state index contributed by atoms with van der Waals surface area (Å²) in [6, 6.07) is 10.0. The van der Waals surface area contributed by atoms with Crippen LogP contribution in [0, 0.1) is 11.6 Å². The van der Waals surface area contributed by atoms with E-state index in [4.69, 9.17) is 10.5 Å². The van der Waals surface area contributed by atoms with Crippen LogP contribution in [0.15, 0.2) is 42.5 Å². The second-order valence-electron chi connectivity index (χ2n) is 4.91. The van der Waals surface area contributed by atoms with Gasteiger partial charge in [-0.3, -0.25) is 0 Å². The third-order valence-corrected chi connectivity index (χ3v) is 3.30. The Morgan fingerprint density at radius 2 is 1.81 bits per heavy atom. The van der Waals surface area contributed by atoms with Crippen LogP contribution in [0.2, 0.25) is 0 Å². The number of nitrogens with two attached hydrogens (primary N) is 1. The van der Waals surface area contributed by atoms with Crippen LogP contribution in [0.5, 0.6) is 5.75 Å². The van der Waals surface area contributed by atoms with Crippen LogP contribution in [0.25, 0.3) is 0 Å². The summed E-state index contributed by atoms with van der Waals surface area (Å²) in [4.78, 5) is 0. The summed E-state index contributed by atoms with van der Waals surface area (Å²) in [5, 5.41) is 0. The van der Waals surface area contributed by atoms with Crippen molar-refractivity contribution in [3.8, 4) is 5.75 Å². The Kier molecular flexibility index (Phi) is 5.28. The molecule has 4 heteroatoms. The largest absolute Gasteiger partial charge is 0.494 e. The van der Waals surface area contributed by atoms with Crippen LogP contribution in [0.4, 0.5) is 8.78 Å². The Balaban J connectivity index is 2.10. The van der Waals surface area contributed by atoms with E-state index < -0.39 is 17.7 Å². The molecule has 112 valence electrons. The van der Waals surface area contributed by atoms with Crippen LogP contribution in [0.1, 0.15) is 36.9 Å². The third kappa shape index (κ3) is 4.02. The van der Waals surface area contributed by atoms with Crippen molar-refractivity contribution >= 4 is 0 Å². The van der Waals surface area contributed by atoms with E-state index in [0.717, 1.165) is 30.2 Å². The third-order valence-electron chi connectivity index (χ3n) is 3.30. The van der Waals surface area contributed by atoms with Crippen molar-refractivity contribution in [1.82, 2.24) is 0 Å². The van der Waals surface area contributed by atoms with E-state index in [-0.39, 0.29) is 5.56 Å². The molecule has 2 aromatic rings. The minimum absolute atomic E-state index is 0.274. The second kappa shape index (κ2) is 7.18. The van der Waals surface area contributed by atoms with Crippen molar-refractivity contribution in [2.45, 2.75) is 25.8 Å². The van der Waals surface area contributed by atoms with Gasteiger partial charge in [0.1, 0.15) is 17.4 Å². The Hall–Kier alpha value is -1.94. The van der Waals surface area contributed by atoms with Gasteiger partial charge in [0.05, 0.1) is 12.6 Å². The number of benzene rings is 2. The molecule has 0 fully saturated rings. The van der Waals surface area contributed by atoms with Gasteiger partial charge in [0, 0.05) is 11.6 Å². The zero-order valence-electron chi connectivity index (χ0n) is 12.0. The van der Waals surface area contributed by atoms with E-state index in [0.29, 0.717) is 6.61 Å². The van der Waals surface area contributed by atoms with Crippen LogP contribution < -0.4 is 10.5 Å². The molecular weight excluding hydrogens is 272 g/mol. The summed E-state index contributed by atoms with van der Waals surface area (Å²) in [5.41, 5.74) is 7.06. The summed E-state index contributed by atoms with van der Waals surface area (Å²) < 4.78 is 32.2. The maximum Gasteiger partial charge on any atom is 0.131 e. The summed E-state index contributed by atoms with van der Waals surface area (Å²) >= 11 is 0. The molecule has 2 aromatic carbocycles. The number of rotatable bonds is 6. The van der Waals surface area contributed by atoms with Crippen molar-refractivity contribution < 1.29 is 13.5 Å². The minimum Gasteiger partial charge on any atom is -0.494 e. The molecule has 0 radical (unpaired) electrons. The second-order valence-corrected chi connectivity index (χ2v) is 4.91. The molecule has 0 aliphatic rings. The molecule has 1 atom stereocenters. The topological polar surface area (TPSA) is 35.2 Å². The molecule has 2 nitrogen and oxygen atoms in total. The molecular formula is C17H19F2NO. The van der Waals surface area contributed by atoms with Gasteiger partial charge in [-0.25, -0.2) is 8.78 Å². The molecule has 21 heavy (non-hydrogen) atoms. The first kappa shape index (κ1) is 15.4. The first-order chi connectivity index (χ1) is 10.1. The Labute approximate surface area is 123 Å². The fourth-order valence-electron chi connectivity index (χ4n) is 2.04. The maximum atomic E-state index is 13.7. The molecule has 1 unspecified atom stereocenters. The number of hydrogen-bond acceptors (Lipinski definition) is 2. The Morgan fingerprint density at radius 1 is 1.10 bits per heavy atom. The lowest BCUT2D eigenvalue weighted by molar-refractivity contribution is 0.309. The molecule has 0 bridgehead atoms. The highest BCUT2D eigenvalue weighted by Gasteiger charge is 2.14. The summed E-state index contributed by atoms with van der Waals surface area (Å²) in [6.45, 7) is 2.78. The van der Waals surface area contributed by atoms with Gasteiger partial charge in [-0.2, -0.15) is 0 Å². The van der Waals surface area contributed by atoms with E-state index in [2.05, 4.69) is 6.92 Å². The van der Waals surface area contributed by atoms with Gasteiger partial charge < -0.3 is 10.5 Å². The first-order valence-electron chi connectivity index (χ1n) is 7.05. The fraction of sp³-hybridized carbons (Fsp3) is 0.294. The molecule has 2 rings (SSSR count). The van der Waals surface area contributed by atoms with Gasteiger partial charge in [-0.1, -0.05) is 31.5 Å². The monoisotopic (exact) mass is 291 g/mol. The molecule has 0 saturated heterocycles. The van der Waals surface area contributed by atoms with Crippen LogP contribution in [-0.4, -0.2) is 6.61 Å². The average molecular weight is 291 g/mol. The van der Waals surface area contributed by atoms with Gasteiger partial charge in [0.25, 0.3) is 0 Å². The fourth-order valence-corrected chi connectivity index (χ4v) is 2.04. The smallest absolute Gasteiger partial charge is 0.131 e. The maximum absolute atomic E-state index is 13.7. The van der Waals surface area contributed by atoms with Crippen LogP contribution >= 0.6 is 0 Å². The molecule has 0 amide bonds. The lowest BCUT2D eigenvalue weighted by atomic mass is 9.99. The zero-order chi connectivity index (χ0) is 15.2. The summed E-state index contributed by atoms with van der Waals surface area (Å²) in [5.74, 6) is -0.479. The highest BCUT2D eigenvalue weighted by Crippen LogP contribution is 2.24. The number of ether oxygens (including phenoxy) is 1. The Bertz CT molecular complexity index is 584. The summed E-state index contributed by atoms with van der Waals surface area (Å²) in [7, 11) is 0. The molecule has 0 aromatic heterocycles. The highest BCUT2D eigenvalue weighted by molar-refractivity contribution is 5.35. The molecule has 0 saturated carbocycles. The standard InChI is InChI=1S/C17H19F2NO/c1-2-3-10-21-14-7-4-12(5-8-14)17(20)15-9-6-13(18)11-16(15)19/h4-9,11,17H,2-3,10,20H2,1H3. The predicted molar refractivity (Wildman–Crippen MR) is 79.2 cm³/mol. The van der Waals surface area contributed by atoms with Crippen molar-refractivity contribution in [3.63, 3.8) is 0 Å². The van der Waals surface area contributed by atoms with E-state index >= 15 is 0 Å². The van der Waals surface area contributed by atoms with Crippen molar-refractivity contribution in [1.29, 1.82) is 0 Å². The van der Waals surface area contributed by atoms with Gasteiger partial charge in [-0.15, -0.1) is 0 Å². The van der Waals surface area contributed by atoms with Crippen molar-refractivity contribution in [2.75, 3.05) is 6.61 Å². The first-order valence-corrected chi connectivity index (χ1v) is 7.05. The van der Waals surface area contributed by atoms with Gasteiger partial charge in [0.2, 0.25) is 0 Å². The number of unbranched alkanes of at least 4 members (excludes halogenated alkanes) is 1. The normalized spacial score (nSPS) is 12.2. The molecule has 0 aliphatic carbocycles. The van der Waals surface area contributed by atoms with E-state index in [1.165, 1.54) is 12.1 Å². The number of halogens is 2. The lowest BCUT2D eigenvalue weighted by Crippen LogP contribution is -2.13. The van der Waals surface area contributed by atoms with Crippen molar-refractivity contribution in [3.05, 3.63) is 65.2 Å². The lowest BCUT2D eigenvalue weighted by Gasteiger charge is -2.14. The minimum atomic E-state index is -0.634. The van der Waals surface area contributed by atoms with Gasteiger partial charge >= 0.3 is 0 Å². The van der Waals surface area contributed by atoms with Crippen LogP contribution in [0.3, 0.4) is 0 Å². The van der Waals surface area contributed by atoms with E-state index in [1.54, 1.807) is 12.1 Å². The van der Waals surface area contributed by atoms with Crippen molar-refractivity contribution in [2.24, 2.45) is 5.73 Å². The molecule has 0 aliphatic heterocycles. The van der Waals surface area contributed by atoms with E-state index in [9.17, 15) is 8.78 Å². The molecule has 0 spiro atoms. The highest BCUT2D eigenvalue weighted by atomic mass is 19.1. The Morgan fingerprint density at radius 3 is 2.43 bits per heavy atom. The SMILES string of the molecule is CCCCOc1ccc(C(N)c2ccc(F)cc2F)cc1. The molecule has 0 heterocycles. The quantitative estimate of drug-likeness (QED) is 0.810. The molecule has 2 N–H and O–H groups in total. The zero-order valence-corrected chi connectivity index (χ0v) is 12.0. The van der Waals surface area contributed by atoms with Gasteiger partial charge in [0.15, 0.2) is 0 Å². The average Bonchev–Trinajstić information content (AvgIpc) is 2.48. The predicted octanol–water partition coefficient (Wildman–Crippen LogP) is 4.19. The summed E-state index contributed by atoms with van der Waals surface area (Å²) in [6.07, 6.45) is 2.08. The number of hydrogen-bond donors (Lipinski definition) is 1. The van der Waals surface area contributed by atoms with E-state index in [1.807, 2.05) is 12.1 Å². The van der Waals surface area contributed by atoms with Crippen LogP contribution in [-0.2, 0) is 0 Å². The van der Waals surface area contributed by atoms with Gasteiger partial charge in [-0.05, 0) is 30.2 Å².